The summed E-state index contributed by atoms with van der Waals surface area (Å²) in [5.41, 5.74) is 0. The Kier molecular flexibility index (Phi) is 5.96. The highest BCUT2D eigenvalue weighted by Gasteiger charge is 2.32. The summed E-state index contributed by atoms with van der Waals surface area (Å²) in [7, 11) is 1.61. The maximum atomic E-state index is 12.3. The molecule has 2 amide bonds. The number of nitrogens with one attached hydrogen (secondary N) is 1. The first kappa shape index (κ1) is 16.2. The number of carbonyl (C=O) groups excluding carboxylic acids is 2. The number of hydrogen-bond acceptors (Lipinski definition) is 5. The molecule has 7 heteroatoms. The number of aliphatic hydroxyl groups is 1. The van der Waals surface area contributed by atoms with Crippen molar-refractivity contribution in [3.63, 3.8) is 0 Å². The van der Waals surface area contributed by atoms with Crippen LogP contribution in [0.25, 0.3) is 0 Å². The van der Waals surface area contributed by atoms with Gasteiger partial charge >= 0.3 is 0 Å². The number of aliphatic hydroxyl groups excluding tert-OH is 1. The lowest BCUT2D eigenvalue weighted by Crippen LogP contribution is -2.57. The van der Waals surface area contributed by atoms with Crippen molar-refractivity contribution in [3.05, 3.63) is 0 Å². The van der Waals surface area contributed by atoms with E-state index in [9.17, 15) is 14.7 Å². The highest BCUT2D eigenvalue weighted by Crippen LogP contribution is 2.13. The second-order valence-electron chi connectivity index (χ2n) is 5.64. The Bertz CT molecular complexity index is 369. The van der Waals surface area contributed by atoms with Crippen molar-refractivity contribution in [2.75, 3.05) is 46.4 Å². The maximum absolute atomic E-state index is 12.3. The Morgan fingerprint density at radius 3 is 2.76 bits per heavy atom. The number of nitrogens with zero attached hydrogens (tertiary/aromatic N) is 2. The molecule has 7 nitrogen and oxygen atoms in total. The van der Waals surface area contributed by atoms with Crippen molar-refractivity contribution in [1.82, 2.24) is 15.1 Å². The highest BCUT2D eigenvalue weighted by atomic mass is 16.5. The zero-order valence-electron chi connectivity index (χ0n) is 12.6. The van der Waals surface area contributed by atoms with Crippen molar-refractivity contribution >= 4 is 11.8 Å². The van der Waals surface area contributed by atoms with Crippen LogP contribution in [0, 0.1) is 0 Å². The summed E-state index contributed by atoms with van der Waals surface area (Å²) in [6, 6.07) is -0.435. The third kappa shape index (κ3) is 4.39. The number of hydrogen-bond donors (Lipinski definition) is 2. The normalized spacial score (nSPS) is 24.5. The van der Waals surface area contributed by atoms with Crippen LogP contribution in [0.3, 0.4) is 0 Å². The molecule has 21 heavy (non-hydrogen) atoms. The molecule has 0 aromatic heterocycles. The SMILES string of the molecule is COCCN1CCNC(CC(=O)N2CCC(O)CC2)C1=O. The van der Waals surface area contributed by atoms with Gasteiger partial charge in [0.25, 0.3) is 0 Å². The number of likely N-dealkylation sites (tertiary alicyclic amines) is 1. The summed E-state index contributed by atoms with van der Waals surface area (Å²) in [5.74, 6) is -0.0370. The molecule has 0 saturated carbocycles. The van der Waals surface area contributed by atoms with E-state index in [0.717, 1.165) is 0 Å². The number of ether oxygens (including phenoxy) is 1. The molecule has 1 unspecified atom stereocenters. The zero-order valence-corrected chi connectivity index (χ0v) is 12.6. The van der Waals surface area contributed by atoms with Gasteiger partial charge in [0.2, 0.25) is 11.8 Å². The summed E-state index contributed by atoms with van der Waals surface area (Å²) in [5, 5.41) is 12.6. The molecule has 0 spiro atoms. The van der Waals surface area contributed by atoms with Crippen LogP contribution in [0.1, 0.15) is 19.3 Å². The monoisotopic (exact) mass is 299 g/mol. The Balaban J connectivity index is 1.83. The summed E-state index contributed by atoms with van der Waals surface area (Å²) < 4.78 is 5.00. The smallest absolute Gasteiger partial charge is 0.240 e. The third-order valence-electron chi connectivity index (χ3n) is 4.14. The topological polar surface area (TPSA) is 82.1 Å². The van der Waals surface area contributed by atoms with Crippen LogP contribution in [0.4, 0.5) is 0 Å². The maximum Gasteiger partial charge on any atom is 0.240 e. The number of piperazine rings is 1. The second kappa shape index (κ2) is 7.72. The molecule has 0 aliphatic carbocycles. The lowest BCUT2D eigenvalue weighted by atomic mass is 10.1. The quantitative estimate of drug-likeness (QED) is 0.667. The van der Waals surface area contributed by atoms with Crippen LogP contribution in [0.5, 0.6) is 0 Å². The first-order valence-electron chi connectivity index (χ1n) is 7.58. The van der Waals surface area contributed by atoms with Crippen LogP contribution < -0.4 is 5.32 Å². The Labute approximate surface area is 125 Å². The van der Waals surface area contributed by atoms with E-state index < -0.39 is 6.04 Å². The van der Waals surface area contributed by atoms with Crippen molar-refractivity contribution in [2.24, 2.45) is 0 Å². The van der Waals surface area contributed by atoms with Gasteiger partial charge in [-0.05, 0) is 12.8 Å². The predicted molar refractivity (Wildman–Crippen MR) is 76.7 cm³/mol. The molecule has 1 atom stereocenters. The van der Waals surface area contributed by atoms with Crippen LogP contribution in [-0.4, -0.2) is 85.3 Å². The van der Waals surface area contributed by atoms with Crippen LogP contribution in [0.15, 0.2) is 0 Å². The van der Waals surface area contributed by atoms with Gasteiger partial charge in [-0.2, -0.15) is 0 Å². The van der Waals surface area contributed by atoms with Crippen molar-refractivity contribution in [3.8, 4) is 0 Å². The summed E-state index contributed by atoms with van der Waals surface area (Å²) in [4.78, 5) is 28.0. The van der Waals surface area contributed by atoms with Gasteiger partial charge in [0.05, 0.1) is 25.2 Å². The Morgan fingerprint density at radius 1 is 1.38 bits per heavy atom. The molecule has 2 aliphatic heterocycles. The summed E-state index contributed by atoms with van der Waals surface area (Å²) in [6.45, 7) is 3.59. The molecule has 2 N–H and O–H groups in total. The van der Waals surface area contributed by atoms with Gasteiger partial charge in [-0.25, -0.2) is 0 Å². The Morgan fingerprint density at radius 2 is 2.10 bits per heavy atom. The molecule has 2 fully saturated rings. The van der Waals surface area contributed by atoms with E-state index in [0.29, 0.717) is 52.2 Å². The fourth-order valence-corrected chi connectivity index (χ4v) is 2.79. The largest absolute Gasteiger partial charge is 0.393 e. The van der Waals surface area contributed by atoms with Gasteiger partial charge < -0.3 is 25.0 Å². The molecule has 2 rings (SSSR count). The second-order valence-corrected chi connectivity index (χ2v) is 5.64. The number of carbonyl (C=O) groups is 2. The third-order valence-corrected chi connectivity index (χ3v) is 4.14. The molecule has 0 bridgehead atoms. The summed E-state index contributed by atoms with van der Waals surface area (Å²) in [6.07, 6.45) is 1.14. The van der Waals surface area contributed by atoms with E-state index in [1.807, 2.05) is 0 Å². The van der Waals surface area contributed by atoms with Crippen molar-refractivity contribution < 1.29 is 19.4 Å². The zero-order chi connectivity index (χ0) is 15.2. The summed E-state index contributed by atoms with van der Waals surface area (Å²) >= 11 is 0. The standard InChI is InChI=1S/C14H25N3O4/c1-21-9-8-17-7-4-15-12(14(17)20)10-13(19)16-5-2-11(18)3-6-16/h11-12,15,18H,2-10H2,1H3. The van der Waals surface area contributed by atoms with Gasteiger partial charge in [-0.15, -0.1) is 0 Å². The van der Waals surface area contributed by atoms with E-state index in [2.05, 4.69) is 5.32 Å². The first-order valence-corrected chi connectivity index (χ1v) is 7.58. The first-order chi connectivity index (χ1) is 10.1. The number of rotatable bonds is 5. The van der Waals surface area contributed by atoms with Gasteiger partial charge in [-0.1, -0.05) is 0 Å². The van der Waals surface area contributed by atoms with E-state index in [-0.39, 0.29) is 24.3 Å². The molecule has 2 heterocycles. The lowest BCUT2D eigenvalue weighted by molar-refractivity contribution is -0.142. The average Bonchev–Trinajstić information content (AvgIpc) is 2.49. The van der Waals surface area contributed by atoms with Crippen LogP contribution >= 0.6 is 0 Å². The van der Waals surface area contributed by atoms with Crippen molar-refractivity contribution in [2.45, 2.75) is 31.4 Å². The van der Waals surface area contributed by atoms with E-state index in [1.165, 1.54) is 0 Å². The minimum Gasteiger partial charge on any atom is -0.393 e. The van der Waals surface area contributed by atoms with E-state index in [4.69, 9.17) is 4.74 Å². The number of piperidine rings is 1. The number of amides is 2. The van der Waals surface area contributed by atoms with Gasteiger partial charge in [0, 0.05) is 39.8 Å². The molecule has 2 saturated heterocycles. The number of methoxy groups -OCH3 is 1. The van der Waals surface area contributed by atoms with Gasteiger partial charge in [-0.3, -0.25) is 9.59 Å². The lowest BCUT2D eigenvalue weighted by Gasteiger charge is -2.35. The minimum atomic E-state index is -0.435. The molecule has 120 valence electrons. The predicted octanol–water partition coefficient (Wildman–Crippen LogP) is -1.19. The molecule has 2 aliphatic rings. The van der Waals surface area contributed by atoms with Gasteiger partial charge in [0.15, 0.2) is 0 Å². The Hall–Kier alpha value is -1.18. The van der Waals surface area contributed by atoms with E-state index in [1.54, 1.807) is 16.9 Å². The fourth-order valence-electron chi connectivity index (χ4n) is 2.79. The molecule has 0 aromatic rings. The minimum absolute atomic E-state index is 0.0126. The molecule has 0 radical (unpaired) electrons. The fraction of sp³-hybridized carbons (Fsp3) is 0.857. The molecular formula is C14H25N3O4. The van der Waals surface area contributed by atoms with E-state index >= 15 is 0 Å². The highest BCUT2D eigenvalue weighted by molar-refractivity contribution is 5.89. The van der Waals surface area contributed by atoms with Crippen LogP contribution in [-0.2, 0) is 14.3 Å². The van der Waals surface area contributed by atoms with Crippen molar-refractivity contribution in [1.29, 1.82) is 0 Å². The average molecular weight is 299 g/mol. The molecule has 0 aromatic carbocycles. The van der Waals surface area contributed by atoms with Crippen LogP contribution in [0.2, 0.25) is 0 Å². The van der Waals surface area contributed by atoms with Gasteiger partial charge in [0.1, 0.15) is 0 Å². The molecular weight excluding hydrogens is 274 g/mol.